The molecular weight excluding hydrogens is 382 g/mol. The molecule has 0 radical (unpaired) electrons. The first-order valence-corrected chi connectivity index (χ1v) is 9.33. The number of ether oxygens (including phenoxy) is 1. The van der Waals surface area contributed by atoms with Crippen molar-refractivity contribution in [3.63, 3.8) is 0 Å². The van der Waals surface area contributed by atoms with Gasteiger partial charge in [0, 0.05) is 36.9 Å². The molecule has 0 saturated carbocycles. The highest BCUT2D eigenvalue weighted by atomic mass is 19.1. The van der Waals surface area contributed by atoms with Gasteiger partial charge in [0.2, 0.25) is 5.91 Å². The summed E-state index contributed by atoms with van der Waals surface area (Å²) < 4.78 is 32.2. The van der Waals surface area contributed by atoms with Crippen molar-refractivity contribution in [1.29, 1.82) is 0 Å². The first-order valence-electron chi connectivity index (χ1n) is 9.33. The molecule has 1 atom stereocenters. The zero-order valence-corrected chi connectivity index (χ0v) is 15.7. The molecule has 2 aromatic rings. The minimum Gasteiger partial charge on any atom is -0.508 e. The second-order valence-corrected chi connectivity index (χ2v) is 6.88. The number of para-hydroxylation sites is 1. The van der Waals surface area contributed by atoms with E-state index in [-0.39, 0.29) is 30.5 Å². The summed E-state index contributed by atoms with van der Waals surface area (Å²) in [5, 5.41) is 12.4. The fraction of sp³-hybridized carbons (Fsp3) is 0.333. The number of phenols is 1. The number of amides is 2. The highest BCUT2D eigenvalue weighted by Crippen LogP contribution is 2.20. The zero-order valence-electron chi connectivity index (χ0n) is 15.7. The maximum Gasteiger partial charge on any atom is 0.251 e. The van der Waals surface area contributed by atoms with E-state index in [1.54, 1.807) is 18.2 Å². The van der Waals surface area contributed by atoms with Crippen molar-refractivity contribution in [2.24, 2.45) is 0 Å². The fourth-order valence-electron chi connectivity index (χ4n) is 3.19. The van der Waals surface area contributed by atoms with E-state index < -0.39 is 23.4 Å². The minimum absolute atomic E-state index is 0.0666. The van der Waals surface area contributed by atoms with Crippen LogP contribution < -0.4 is 5.32 Å². The number of nitrogens with zero attached hydrogens (tertiary/aromatic N) is 1. The molecule has 2 N–H and O–H groups in total. The Morgan fingerprint density at radius 1 is 1.17 bits per heavy atom. The van der Waals surface area contributed by atoms with Crippen LogP contribution in [0.15, 0.2) is 42.5 Å². The summed E-state index contributed by atoms with van der Waals surface area (Å²) in [6.07, 6.45) is 1.61. The molecule has 1 aliphatic heterocycles. The van der Waals surface area contributed by atoms with Crippen LogP contribution in [0.25, 0.3) is 0 Å². The normalized spacial score (nSPS) is 15.9. The van der Waals surface area contributed by atoms with Crippen molar-refractivity contribution < 1.29 is 28.2 Å². The first-order chi connectivity index (χ1) is 13.9. The van der Waals surface area contributed by atoms with Crippen LogP contribution in [0.5, 0.6) is 5.75 Å². The molecule has 1 saturated heterocycles. The third-order valence-electron chi connectivity index (χ3n) is 4.68. The van der Waals surface area contributed by atoms with Crippen LogP contribution in [0, 0.1) is 11.6 Å². The van der Waals surface area contributed by atoms with E-state index in [1.807, 2.05) is 0 Å². The number of carbonyl (C=O) groups is 2. The van der Waals surface area contributed by atoms with E-state index in [2.05, 4.69) is 5.32 Å². The lowest BCUT2D eigenvalue weighted by Crippen LogP contribution is -2.43. The maximum absolute atomic E-state index is 13.3. The van der Waals surface area contributed by atoms with E-state index in [0.717, 1.165) is 25.0 Å². The summed E-state index contributed by atoms with van der Waals surface area (Å²) in [6.45, 7) is 0.746. The van der Waals surface area contributed by atoms with E-state index in [9.17, 15) is 23.5 Å². The smallest absolute Gasteiger partial charge is 0.251 e. The lowest BCUT2D eigenvalue weighted by atomic mass is 10.1. The zero-order chi connectivity index (χ0) is 20.8. The summed E-state index contributed by atoms with van der Waals surface area (Å²) >= 11 is 0. The van der Waals surface area contributed by atoms with Crippen molar-refractivity contribution in [3.05, 3.63) is 65.2 Å². The molecule has 2 amide bonds. The Bertz CT molecular complexity index is 864. The van der Waals surface area contributed by atoms with Gasteiger partial charge < -0.3 is 20.1 Å². The number of aromatic hydroxyl groups is 1. The molecule has 6 nitrogen and oxygen atoms in total. The third-order valence-corrected chi connectivity index (χ3v) is 4.68. The van der Waals surface area contributed by atoms with Crippen LogP contribution in [-0.4, -0.2) is 47.6 Å². The molecular formula is C21H22F2N2O4. The summed E-state index contributed by atoms with van der Waals surface area (Å²) in [5.41, 5.74) is 0.360. The second-order valence-electron chi connectivity index (χ2n) is 6.88. The van der Waals surface area contributed by atoms with Gasteiger partial charge in [-0.2, -0.15) is 0 Å². The molecule has 1 unspecified atom stereocenters. The standard InChI is InChI=1S/C21H22F2N2O4/c22-16-8-15(9-17(23)10-16)21(28)24-11-20(27)25(13-18-5-3-7-29-18)12-14-4-1-2-6-19(14)26/h1-2,4,6,8-10,18,26H,3,5,7,11-13H2,(H,24,28). The number of hydrogen-bond acceptors (Lipinski definition) is 4. The number of phenolic OH excluding ortho intramolecular Hbond substituents is 1. The molecule has 29 heavy (non-hydrogen) atoms. The SMILES string of the molecule is O=C(NCC(=O)N(Cc1ccccc1O)CC1CCCO1)c1cc(F)cc(F)c1. The molecule has 1 heterocycles. The molecule has 8 heteroatoms. The van der Waals surface area contributed by atoms with Crippen molar-refractivity contribution >= 4 is 11.8 Å². The van der Waals surface area contributed by atoms with Gasteiger partial charge in [0.15, 0.2) is 0 Å². The highest BCUT2D eigenvalue weighted by Gasteiger charge is 2.24. The monoisotopic (exact) mass is 404 g/mol. The second kappa shape index (κ2) is 9.47. The molecule has 1 aliphatic rings. The number of carbonyl (C=O) groups excluding carboxylic acids is 2. The maximum atomic E-state index is 13.3. The summed E-state index contributed by atoms with van der Waals surface area (Å²) in [4.78, 5) is 26.4. The average Bonchev–Trinajstić information content (AvgIpc) is 3.19. The van der Waals surface area contributed by atoms with Crippen LogP contribution in [0.1, 0.15) is 28.8 Å². The Labute approximate surface area is 167 Å². The van der Waals surface area contributed by atoms with Gasteiger partial charge in [0.1, 0.15) is 17.4 Å². The van der Waals surface area contributed by atoms with Crippen LogP contribution >= 0.6 is 0 Å². The molecule has 0 aliphatic carbocycles. The summed E-state index contributed by atoms with van der Waals surface area (Å²) in [6, 6.07) is 9.14. The largest absolute Gasteiger partial charge is 0.508 e. The summed E-state index contributed by atoms with van der Waals surface area (Å²) in [5.74, 6) is -2.83. The van der Waals surface area contributed by atoms with Crippen LogP contribution in [-0.2, 0) is 16.1 Å². The number of rotatable bonds is 7. The van der Waals surface area contributed by atoms with E-state index in [1.165, 1.54) is 11.0 Å². The molecule has 2 aromatic carbocycles. The molecule has 1 fully saturated rings. The Hall–Kier alpha value is -3.00. The highest BCUT2D eigenvalue weighted by molar-refractivity contribution is 5.96. The van der Waals surface area contributed by atoms with Gasteiger partial charge in [-0.1, -0.05) is 18.2 Å². The summed E-state index contributed by atoms with van der Waals surface area (Å²) in [7, 11) is 0. The number of hydrogen-bond donors (Lipinski definition) is 2. The number of nitrogens with one attached hydrogen (secondary N) is 1. The van der Waals surface area contributed by atoms with Crippen LogP contribution in [0.2, 0.25) is 0 Å². The third kappa shape index (κ3) is 5.74. The molecule has 154 valence electrons. The van der Waals surface area contributed by atoms with Crippen LogP contribution in [0.4, 0.5) is 8.78 Å². The Morgan fingerprint density at radius 2 is 1.90 bits per heavy atom. The van der Waals surface area contributed by atoms with Crippen molar-refractivity contribution in [3.8, 4) is 5.75 Å². The number of halogens is 2. The topological polar surface area (TPSA) is 78.9 Å². The van der Waals surface area contributed by atoms with Crippen LogP contribution in [0.3, 0.4) is 0 Å². The number of benzene rings is 2. The van der Waals surface area contributed by atoms with Gasteiger partial charge in [0.25, 0.3) is 5.91 Å². The van der Waals surface area contributed by atoms with Gasteiger partial charge in [-0.15, -0.1) is 0 Å². The Kier molecular flexibility index (Phi) is 6.77. The van der Waals surface area contributed by atoms with Crippen molar-refractivity contribution in [1.82, 2.24) is 10.2 Å². The Balaban J connectivity index is 1.66. The van der Waals surface area contributed by atoms with Gasteiger partial charge in [-0.25, -0.2) is 8.78 Å². The Morgan fingerprint density at radius 3 is 2.55 bits per heavy atom. The molecule has 3 rings (SSSR count). The minimum atomic E-state index is -0.874. The van der Waals surface area contributed by atoms with Crippen molar-refractivity contribution in [2.45, 2.75) is 25.5 Å². The lowest BCUT2D eigenvalue weighted by molar-refractivity contribution is -0.132. The predicted molar refractivity (Wildman–Crippen MR) is 101 cm³/mol. The van der Waals surface area contributed by atoms with Gasteiger partial charge >= 0.3 is 0 Å². The molecule has 0 bridgehead atoms. The van der Waals surface area contributed by atoms with Gasteiger partial charge in [-0.05, 0) is 31.0 Å². The van der Waals surface area contributed by atoms with Gasteiger partial charge in [-0.3, -0.25) is 9.59 Å². The van der Waals surface area contributed by atoms with E-state index in [4.69, 9.17) is 4.74 Å². The quantitative estimate of drug-likeness (QED) is 0.744. The van der Waals surface area contributed by atoms with E-state index >= 15 is 0 Å². The predicted octanol–water partition coefficient (Wildman–Crippen LogP) is 2.61. The molecule has 0 spiro atoms. The molecule has 0 aromatic heterocycles. The van der Waals surface area contributed by atoms with E-state index in [0.29, 0.717) is 24.8 Å². The van der Waals surface area contributed by atoms with Gasteiger partial charge in [0.05, 0.1) is 12.6 Å². The van der Waals surface area contributed by atoms with Crippen molar-refractivity contribution in [2.75, 3.05) is 19.7 Å². The lowest BCUT2D eigenvalue weighted by Gasteiger charge is -2.26. The first kappa shape index (κ1) is 20.7. The fourth-order valence-corrected chi connectivity index (χ4v) is 3.19. The average molecular weight is 404 g/mol.